The molecule has 0 fully saturated rings. The Hall–Kier alpha value is -0.860. The van der Waals surface area contributed by atoms with Crippen LogP contribution in [-0.4, -0.2) is 15.0 Å². The number of hydrogen-bond acceptors (Lipinski definition) is 2. The second kappa shape index (κ2) is 4.33. The minimum atomic E-state index is 0.290. The van der Waals surface area contributed by atoms with E-state index in [4.69, 9.17) is 0 Å². The van der Waals surface area contributed by atoms with Crippen LogP contribution in [0.25, 0.3) is 0 Å². The third-order valence-corrected chi connectivity index (χ3v) is 2.41. The highest BCUT2D eigenvalue weighted by atomic mass is 15.4. The van der Waals surface area contributed by atoms with Crippen molar-refractivity contribution in [3.8, 4) is 0 Å². The lowest BCUT2D eigenvalue weighted by molar-refractivity contribution is 0.391. The SMILES string of the molecule is CCn1nnc(C(C)C)c1CC(C)(C)C. The maximum absolute atomic E-state index is 4.28. The highest BCUT2D eigenvalue weighted by molar-refractivity contribution is 5.15. The summed E-state index contributed by atoms with van der Waals surface area (Å²) in [5.74, 6) is 0.461. The summed E-state index contributed by atoms with van der Waals surface area (Å²) in [6.07, 6.45) is 1.04. The van der Waals surface area contributed by atoms with Gasteiger partial charge in [-0.15, -0.1) is 5.10 Å². The van der Waals surface area contributed by atoms with E-state index in [0.29, 0.717) is 5.92 Å². The molecular weight excluding hydrogens is 186 g/mol. The fraction of sp³-hybridized carbons (Fsp3) is 0.833. The molecule has 0 N–H and O–H groups in total. The van der Waals surface area contributed by atoms with E-state index in [1.54, 1.807) is 0 Å². The third kappa shape index (κ3) is 3.05. The molecule has 0 aromatic carbocycles. The van der Waals surface area contributed by atoms with Gasteiger partial charge in [0.25, 0.3) is 0 Å². The molecule has 1 rings (SSSR count). The number of hydrogen-bond donors (Lipinski definition) is 0. The maximum Gasteiger partial charge on any atom is 0.0884 e. The molecule has 1 aromatic rings. The van der Waals surface area contributed by atoms with Gasteiger partial charge < -0.3 is 0 Å². The zero-order valence-corrected chi connectivity index (χ0v) is 10.8. The van der Waals surface area contributed by atoms with Crippen LogP contribution in [-0.2, 0) is 13.0 Å². The molecule has 86 valence electrons. The molecule has 0 bridgehead atoms. The first-order chi connectivity index (χ1) is 6.85. The predicted molar refractivity (Wildman–Crippen MR) is 62.9 cm³/mol. The van der Waals surface area contributed by atoms with Crippen LogP contribution in [0.15, 0.2) is 0 Å². The minimum Gasteiger partial charge on any atom is -0.249 e. The Labute approximate surface area is 92.9 Å². The summed E-state index contributed by atoms with van der Waals surface area (Å²) in [4.78, 5) is 0. The predicted octanol–water partition coefficient (Wildman–Crippen LogP) is 3.01. The van der Waals surface area contributed by atoms with Crippen LogP contribution in [0.2, 0.25) is 0 Å². The molecule has 0 aliphatic heterocycles. The normalized spacial score (nSPS) is 12.5. The smallest absolute Gasteiger partial charge is 0.0884 e. The van der Waals surface area contributed by atoms with Gasteiger partial charge in [0.2, 0.25) is 0 Å². The van der Waals surface area contributed by atoms with E-state index in [-0.39, 0.29) is 5.41 Å². The number of nitrogens with zero attached hydrogens (tertiary/aromatic N) is 3. The highest BCUT2D eigenvalue weighted by Gasteiger charge is 2.20. The second-order valence-corrected chi connectivity index (χ2v) is 5.63. The van der Waals surface area contributed by atoms with Crippen molar-refractivity contribution >= 4 is 0 Å². The fourth-order valence-corrected chi connectivity index (χ4v) is 1.73. The van der Waals surface area contributed by atoms with Gasteiger partial charge in [-0.25, -0.2) is 4.68 Å². The summed E-state index contributed by atoms with van der Waals surface area (Å²) < 4.78 is 2.03. The zero-order chi connectivity index (χ0) is 11.6. The largest absolute Gasteiger partial charge is 0.249 e. The Morgan fingerprint density at radius 2 is 1.87 bits per heavy atom. The van der Waals surface area contributed by atoms with Crippen molar-refractivity contribution in [1.82, 2.24) is 15.0 Å². The lowest BCUT2D eigenvalue weighted by Crippen LogP contribution is -2.15. The third-order valence-electron chi connectivity index (χ3n) is 2.41. The van der Waals surface area contributed by atoms with E-state index < -0.39 is 0 Å². The first-order valence-electron chi connectivity index (χ1n) is 5.77. The molecule has 3 heteroatoms. The molecule has 1 aromatic heterocycles. The van der Waals surface area contributed by atoms with Gasteiger partial charge in [-0.2, -0.15) is 0 Å². The molecule has 0 aliphatic rings. The molecule has 0 saturated heterocycles. The number of aryl methyl sites for hydroxylation is 1. The van der Waals surface area contributed by atoms with E-state index in [1.807, 2.05) is 4.68 Å². The van der Waals surface area contributed by atoms with Crippen LogP contribution in [0.3, 0.4) is 0 Å². The van der Waals surface area contributed by atoms with Crippen molar-refractivity contribution in [1.29, 1.82) is 0 Å². The van der Waals surface area contributed by atoms with E-state index in [1.165, 1.54) is 5.69 Å². The van der Waals surface area contributed by atoms with Gasteiger partial charge in [0.1, 0.15) is 0 Å². The first-order valence-corrected chi connectivity index (χ1v) is 5.77. The lowest BCUT2D eigenvalue weighted by Gasteiger charge is -2.19. The maximum atomic E-state index is 4.28. The van der Waals surface area contributed by atoms with E-state index >= 15 is 0 Å². The standard InChI is InChI=1S/C12H23N3/c1-7-15-10(8-12(4,5)6)11(9(2)3)13-14-15/h9H,7-8H2,1-6H3. The van der Waals surface area contributed by atoms with Crippen LogP contribution in [0.1, 0.15) is 58.8 Å². The van der Waals surface area contributed by atoms with E-state index in [2.05, 4.69) is 51.9 Å². The first kappa shape index (κ1) is 12.2. The quantitative estimate of drug-likeness (QED) is 0.766. The van der Waals surface area contributed by atoms with Crippen molar-refractivity contribution < 1.29 is 0 Å². The van der Waals surface area contributed by atoms with Crippen molar-refractivity contribution in [3.63, 3.8) is 0 Å². The number of rotatable bonds is 3. The fourth-order valence-electron chi connectivity index (χ4n) is 1.73. The van der Waals surface area contributed by atoms with Crippen LogP contribution in [0, 0.1) is 5.41 Å². The van der Waals surface area contributed by atoms with E-state index in [9.17, 15) is 0 Å². The van der Waals surface area contributed by atoms with Crippen molar-refractivity contribution in [2.75, 3.05) is 0 Å². The van der Waals surface area contributed by atoms with E-state index in [0.717, 1.165) is 18.7 Å². The Morgan fingerprint density at radius 3 is 2.27 bits per heavy atom. The van der Waals surface area contributed by atoms with Crippen molar-refractivity contribution in [2.24, 2.45) is 5.41 Å². The molecular formula is C12H23N3. The topological polar surface area (TPSA) is 30.7 Å². The summed E-state index contributed by atoms with van der Waals surface area (Å²) >= 11 is 0. The zero-order valence-electron chi connectivity index (χ0n) is 10.8. The summed E-state index contributed by atoms with van der Waals surface area (Å²) in [5.41, 5.74) is 2.75. The molecule has 0 unspecified atom stereocenters. The monoisotopic (exact) mass is 209 g/mol. The van der Waals surface area contributed by atoms with Crippen LogP contribution in [0.4, 0.5) is 0 Å². The van der Waals surface area contributed by atoms with Crippen LogP contribution >= 0.6 is 0 Å². The van der Waals surface area contributed by atoms with Gasteiger partial charge in [-0.3, -0.25) is 0 Å². The average Bonchev–Trinajstić information content (AvgIpc) is 2.44. The summed E-state index contributed by atoms with van der Waals surface area (Å²) in [6.45, 7) is 14.1. The van der Waals surface area contributed by atoms with Gasteiger partial charge >= 0.3 is 0 Å². The molecule has 1 heterocycles. The molecule has 0 atom stereocenters. The van der Waals surface area contributed by atoms with Gasteiger partial charge in [0.05, 0.1) is 11.4 Å². The molecule has 0 aliphatic carbocycles. The molecule has 3 nitrogen and oxygen atoms in total. The Bertz CT molecular complexity index is 318. The van der Waals surface area contributed by atoms with Crippen molar-refractivity contribution in [2.45, 2.75) is 60.4 Å². The molecule has 15 heavy (non-hydrogen) atoms. The summed E-state index contributed by atoms with van der Waals surface area (Å²) in [6, 6.07) is 0. The molecule has 0 saturated carbocycles. The van der Waals surface area contributed by atoms with Gasteiger partial charge in [-0.1, -0.05) is 39.8 Å². The Balaban J connectivity index is 3.05. The molecule has 0 radical (unpaired) electrons. The molecule has 0 amide bonds. The Morgan fingerprint density at radius 1 is 1.27 bits per heavy atom. The average molecular weight is 209 g/mol. The summed E-state index contributed by atoms with van der Waals surface area (Å²) in [7, 11) is 0. The molecule has 0 spiro atoms. The van der Waals surface area contributed by atoms with Crippen LogP contribution in [0.5, 0.6) is 0 Å². The highest BCUT2D eigenvalue weighted by Crippen LogP contribution is 2.25. The second-order valence-electron chi connectivity index (χ2n) is 5.63. The number of aromatic nitrogens is 3. The summed E-state index contributed by atoms with van der Waals surface area (Å²) in [5, 5.41) is 8.49. The van der Waals surface area contributed by atoms with Gasteiger partial charge in [-0.05, 0) is 24.7 Å². The Kier molecular flexibility index (Phi) is 3.53. The van der Waals surface area contributed by atoms with Crippen LogP contribution < -0.4 is 0 Å². The van der Waals surface area contributed by atoms with Gasteiger partial charge in [0.15, 0.2) is 0 Å². The lowest BCUT2D eigenvalue weighted by atomic mass is 9.88. The van der Waals surface area contributed by atoms with Crippen molar-refractivity contribution in [3.05, 3.63) is 11.4 Å². The van der Waals surface area contributed by atoms with Gasteiger partial charge in [0, 0.05) is 6.54 Å². The minimum absolute atomic E-state index is 0.290.